The van der Waals surface area contributed by atoms with Crippen LogP contribution in [0.3, 0.4) is 0 Å². The van der Waals surface area contributed by atoms with Crippen LogP contribution < -0.4 is 0 Å². The Morgan fingerprint density at radius 3 is 2.76 bits per heavy atom. The molecule has 0 aliphatic rings. The van der Waals surface area contributed by atoms with Crippen molar-refractivity contribution < 1.29 is 14.3 Å². The van der Waals surface area contributed by atoms with Gasteiger partial charge in [0.05, 0.1) is 17.3 Å². The Morgan fingerprint density at radius 1 is 1.24 bits per heavy atom. The molecular weight excluding hydrogens is 318 g/mol. The van der Waals surface area contributed by atoms with Crippen molar-refractivity contribution >= 4 is 22.5 Å². The van der Waals surface area contributed by atoms with E-state index in [0.717, 1.165) is 30.2 Å². The van der Waals surface area contributed by atoms with Gasteiger partial charge in [0.25, 0.3) is 5.91 Å². The van der Waals surface area contributed by atoms with Crippen LogP contribution in [0.15, 0.2) is 51.2 Å². The number of aryl methyl sites for hydroxylation is 2. The number of nitrogens with zero attached hydrogens (tertiary/aromatic N) is 3. The first-order chi connectivity index (χ1) is 12.1. The number of amides is 1. The third-order valence-electron chi connectivity index (χ3n) is 4.23. The van der Waals surface area contributed by atoms with Gasteiger partial charge < -0.3 is 14.1 Å². The SMILES string of the molecule is CCCCCn1c(O)c(N=NC(=O)c2ccoc2C)c2ccccc21. The summed E-state index contributed by atoms with van der Waals surface area (Å²) in [7, 11) is 0. The summed E-state index contributed by atoms with van der Waals surface area (Å²) in [4.78, 5) is 12.2. The second-order valence-electron chi connectivity index (χ2n) is 5.94. The van der Waals surface area contributed by atoms with Crippen LogP contribution in [0.2, 0.25) is 0 Å². The molecule has 1 amide bonds. The van der Waals surface area contributed by atoms with Gasteiger partial charge in [0.15, 0.2) is 5.69 Å². The fraction of sp³-hybridized carbons (Fsp3) is 0.316. The molecule has 1 aromatic carbocycles. The van der Waals surface area contributed by atoms with Gasteiger partial charge >= 0.3 is 0 Å². The zero-order valence-corrected chi connectivity index (χ0v) is 14.4. The lowest BCUT2D eigenvalue weighted by Crippen LogP contribution is -1.96. The van der Waals surface area contributed by atoms with Gasteiger partial charge in [0.2, 0.25) is 5.88 Å². The molecule has 0 atom stereocenters. The summed E-state index contributed by atoms with van der Waals surface area (Å²) in [6.45, 7) is 4.53. The third kappa shape index (κ3) is 3.33. The monoisotopic (exact) mass is 339 g/mol. The first-order valence-corrected chi connectivity index (χ1v) is 8.43. The maximum atomic E-state index is 12.2. The van der Waals surface area contributed by atoms with Crippen molar-refractivity contribution in [2.75, 3.05) is 0 Å². The molecule has 3 aromatic rings. The minimum absolute atomic E-state index is 0.0396. The Labute approximate surface area is 145 Å². The lowest BCUT2D eigenvalue weighted by Gasteiger charge is -2.05. The zero-order chi connectivity index (χ0) is 17.8. The molecule has 0 aliphatic heterocycles. The predicted octanol–water partition coefficient (Wildman–Crippen LogP) is 5.36. The van der Waals surface area contributed by atoms with Crippen molar-refractivity contribution in [2.45, 2.75) is 39.7 Å². The average molecular weight is 339 g/mol. The summed E-state index contributed by atoms with van der Waals surface area (Å²) in [6.07, 6.45) is 4.59. The highest BCUT2D eigenvalue weighted by Gasteiger charge is 2.17. The van der Waals surface area contributed by atoms with Gasteiger partial charge in [-0.3, -0.25) is 4.79 Å². The molecule has 3 rings (SSSR count). The molecule has 6 heteroatoms. The van der Waals surface area contributed by atoms with E-state index in [-0.39, 0.29) is 5.88 Å². The molecule has 0 aliphatic carbocycles. The number of unbranched alkanes of at least 4 members (excludes halogenated alkanes) is 2. The molecule has 0 saturated carbocycles. The molecule has 25 heavy (non-hydrogen) atoms. The molecule has 2 aromatic heterocycles. The maximum absolute atomic E-state index is 12.2. The van der Waals surface area contributed by atoms with E-state index in [4.69, 9.17) is 4.42 Å². The molecule has 130 valence electrons. The number of azo groups is 1. The number of hydrogen-bond acceptors (Lipinski definition) is 4. The molecule has 0 bridgehead atoms. The Hall–Kier alpha value is -2.89. The van der Waals surface area contributed by atoms with Crippen LogP contribution >= 0.6 is 0 Å². The number of hydrogen-bond donors (Lipinski definition) is 1. The molecule has 6 nitrogen and oxygen atoms in total. The van der Waals surface area contributed by atoms with Crippen LogP contribution in [-0.2, 0) is 6.54 Å². The van der Waals surface area contributed by atoms with E-state index in [1.54, 1.807) is 13.0 Å². The van der Waals surface area contributed by atoms with Crippen LogP contribution in [0.1, 0.15) is 42.3 Å². The van der Waals surface area contributed by atoms with Crippen LogP contribution in [0.4, 0.5) is 5.69 Å². The van der Waals surface area contributed by atoms with E-state index >= 15 is 0 Å². The highest BCUT2D eigenvalue weighted by atomic mass is 16.3. The highest BCUT2D eigenvalue weighted by molar-refractivity contribution is 5.97. The summed E-state index contributed by atoms with van der Waals surface area (Å²) in [5.41, 5.74) is 1.58. The number of furan rings is 1. The van der Waals surface area contributed by atoms with Crippen LogP contribution in [0.5, 0.6) is 5.88 Å². The van der Waals surface area contributed by atoms with Gasteiger partial charge in [0, 0.05) is 11.9 Å². The molecular formula is C19H21N3O3. The normalized spacial score (nSPS) is 11.6. The Bertz CT molecular complexity index is 921. The fourth-order valence-electron chi connectivity index (χ4n) is 2.87. The van der Waals surface area contributed by atoms with Gasteiger partial charge in [-0.05, 0) is 25.5 Å². The van der Waals surface area contributed by atoms with E-state index in [2.05, 4.69) is 17.2 Å². The van der Waals surface area contributed by atoms with Crippen LogP contribution in [0, 0.1) is 6.92 Å². The average Bonchev–Trinajstić information content (AvgIpc) is 3.15. The number of para-hydroxylation sites is 1. The summed E-state index contributed by atoms with van der Waals surface area (Å²) in [5, 5.41) is 19.2. The van der Waals surface area contributed by atoms with E-state index < -0.39 is 5.91 Å². The topological polar surface area (TPSA) is 80.1 Å². The Morgan fingerprint density at radius 2 is 2.04 bits per heavy atom. The van der Waals surface area contributed by atoms with Crippen LogP contribution in [-0.4, -0.2) is 15.6 Å². The Kier molecular flexibility index (Phi) is 4.97. The standard InChI is InChI=1S/C19H21N3O3/c1-3-4-7-11-22-16-9-6-5-8-15(16)17(19(22)24)20-21-18(23)14-10-12-25-13(14)2/h5-6,8-10,12,24H,3-4,7,11H2,1-2H3. The number of aromatic hydroxyl groups is 1. The van der Waals surface area contributed by atoms with E-state index in [1.807, 2.05) is 28.8 Å². The molecule has 0 unspecified atom stereocenters. The molecule has 0 spiro atoms. The molecule has 0 fully saturated rings. The molecule has 1 N–H and O–H groups in total. The second kappa shape index (κ2) is 7.34. The Balaban J connectivity index is 1.96. The van der Waals surface area contributed by atoms with E-state index in [9.17, 15) is 9.90 Å². The zero-order valence-electron chi connectivity index (χ0n) is 14.4. The van der Waals surface area contributed by atoms with Gasteiger partial charge in [-0.1, -0.05) is 38.0 Å². The van der Waals surface area contributed by atoms with Gasteiger partial charge in [0.1, 0.15) is 5.76 Å². The lowest BCUT2D eigenvalue weighted by atomic mass is 10.2. The summed E-state index contributed by atoms with van der Waals surface area (Å²) < 4.78 is 6.94. The first kappa shape index (κ1) is 17.0. The second-order valence-corrected chi connectivity index (χ2v) is 5.94. The number of benzene rings is 1. The third-order valence-corrected chi connectivity index (χ3v) is 4.23. The highest BCUT2D eigenvalue weighted by Crippen LogP contribution is 2.39. The van der Waals surface area contributed by atoms with Gasteiger partial charge in [-0.2, -0.15) is 0 Å². The number of fused-ring (bicyclic) bond motifs is 1. The fourth-order valence-corrected chi connectivity index (χ4v) is 2.87. The largest absolute Gasteiger partial charge is 0.493 e. The van der Waals surface area contributed by atoms with Crippen LogP contribution in [0.25, 0.3) is 10.9 Å². The van der Waals surface area contributed by atoms with Crippen molar-refractivity contribution in [1.82, 2.24) is 4.57 Å². The van der Waals surface area contributed by atoms with Crippen molar-refractivity contribution in [1.29, 1.82) is 0 Å². The van der Waals surface area contributed by atoms with Crippen molar-refractivity contribution in [3.63, 3.8) is 0 Å². The minimum Gasteiger partial charge on any atom is -0.493 e. The summed E-state index contributed by atoms with van der Waals surface area (Å²) >= 11 is 0. The van der Waals surface area contributed by atoms with E-state index in [1.165, 1.54) is 6.26 Å². The lowest BCUT2D eigenvalue weighted by molar-refractivity contribution is 0.0993. The first-order valence-electron chi connectivity index (χ1n) is 8.43. The number of rotatable bonds is 6. The van der Waals surface area contributed by atoms with Crippen molar-refractivity contribution in [3.8, 4) is 5.88 Å². The maximum Gasteiger partial charge on any atom is 0.298 e. The quantitative estimate of drug-likeness (QED) is 0.485. The van der Waals surface area contributed by atoms with Crippen molar-refractivity contribution in [2.24, 2.45) is 10.2 Å². The summed E-state index contributed by atoms with van der Waals surface area (Å²) in [5.74, 6) is 0.0430. The minimum atomic E-state index is -0.492. The number of aromatic nitrogens is 1. The summed E-state index contributed by atoms with van der Waals surface area (Å²) in [6, 6.07) is 9.15. The van der Waals surface area contributed by atoms with E-state index in [0.29, 0.717) is 23.6 Å². The van der Waals surface area contributed by atoms with Crippen molar-refractivity contribution in [3.05, 3.63) is 47.9 Å². The molecule has 0 saturated heterocycles. The molecule has 2 heterocycles. The number of carbonyl (C=O) groups excluding carboxylic acids is 1. The predicted molar refractivity (Wildman–Crippen MR) is 95.4 cm³/mol. The van der Waals surface area contributed by atoms with Gasteiger partial charge in [-0.15, -0.1) is 10.2 Å². The smallest absolute Gasteiger partial charge is 0.298 e. The molecule has 0 radical (unpaired) electrons. The number of carbonyl (C=O) groups is 1. The van der Waals surface area contributed by atoms with Gasteiger partial charge in [-0.25, -0.2) is 0 Å².